The lowest BCUT2D eigenvalue weighted by atomic mass is 10.2. The van der Waals surface area contributed by atoms with Gasteiger partial charge in [-0.2, -0.15) is 5.26 Å². The van der Waals surface area contributed by atoms with Crippen molar-refractivity contribution in [3.8, 4) is 6.07 Å². The van der Waals surface area contributed by atoms with Crippen molar-refractivity contribution in [2.75, 3.05) is 6.54 Å². The fraction of sp³-hybridized carbons (Fsp3) is 0.400. The van der Waals surface area contributed by atoms with E-state index in [9.17, 15) is 0 Å². The maximum absolute atomic E-state index is 8.31. The SMILES string of the molecule is Cc1cccnc1CNCCC#N. The molecule has 0 unspecified atom stereocenters. The number of hydrogen-bond acceptors (Lipinski definition) is 3. The van der Waals surface area contributed by atoms with Crippen LogP contribution in [-0.2, 0) is 6.54 Å². The third-order valence-corrected chi connectivity index (χ3v) is 1.82. The number of nitrogens with zero attached hydrogens (tertiary/aromatic N) is 2. The largest absolute Gasteiger partial charge is 0.310 e. The summed E-state index contributed by atoms with van der Waals surface area (Å²) >= 11 is 0. The first-order chi connectivity index (χ1) is 6.34. The van der Waals surface area contributed by atoms with E-state index in [-0.39, 0.29) is 0 Å². The van der Waals surface area contributed by atoms with Crippen LogP contribution in [0.4, 0.5) is 0 Å². The van der Waals surface area contributed by atoms with Crippen molar-refractivity contribution in [2.45, 2.75) is 19.9 Å². The Labute approximate surface area is 78.4 Å². The number of hydrogen-bond donors (Lipinski definition) is 1. The Morgan fingerprint density at radius 3 is 3.15 bits per heavy atom. The monoisotopic (exact) mass is 175 g/mol. The summed E-state index contributed by atoms with van der Waals surface area (Å²) in [6, 6.07) is 6.05. The predicted octanol–water partition coefficient (Wildman–Crippen LogP) is 1.39. The molecule has 0 fully saturated rings. The molecule has 1 rings (SSSR count). The third kappa shape index (κ3) is 3.22. The van der Waals surface area contributed by atoms with Gasteiger partial charge in [-0.05, 0) is 18.6 Å². The van der Waals surface area contributed by atoms with Gasteiger partial charge in [0, 0.05) is 25.7 Å². The molecule has 0 radical (unpaired) electrons. The van der Waals surface area contributed by atoms with Crippen molar-refractivity contribution >= 4 is 0 Å². The van der Waals surface area contributed by atoms with E-state index in [1.807, 2.05) is 19.1 Å². The molecule has 0 spiro atoms. The van der Waals surface area contributed by atoms with E-state index in [0.29, 0.717) is 6.42 Å². The van der Waals surface area contributed by atoms with Crippen LogP contribution in [0.5, 0.6) is 0 Å². The Morgan fingerprint density at radius 2 is 2.46 bits per heavy atom. The first-order valence-electron chi connectivity index (χ1n) is 4.32. The molecule has 68 valence electrons. The van der Waals surface area contributed by atoms with E-state index in [0.717, 1.165) is 18.8 Å². The highest BCUT2D eigenvalue weighted by Gasteiger charge is 1.96. The van der Waals surface area contributed by atoms with E-state index in [2.05, 4.69) is 16.4 Å². The van der Waals surface area contributed by atoms with Gasteiger partial charge in [0.25, 0.3) is 0 Å². The number of nitrogens with one attached hydrogen (secondary N) is 1. The zero-order chi connectivity index (χ0) is 9.52. The van der Waals surface area contributed by atoms with Crippen LogP contribution in [0.2, 0.25) is 0 Å². The molecule has 0 amide bonds. The van der Waals surface area contributed by atoms with Gasteiger partial charge in [0.15, 0.2) is 0 Å². The lowest BCUT2D eigenvalue weighted by Gasteiger charge is -2.04. The number of pyridine rings is 1. The Kier molecular flexibility index (Phi) is 3.94. The summed E-state index contributed by atoms with van der Waals surface area (Å²) < 4.78 is 0. The molecular weight excluding hydrogens is 162 g/mol. The van der Waals surface area contributed by atoms with Crippen molar-refractivity contribution in [1.29, 1.82) is 5.26 Å². The average Bonchev–Trinajstić information content (AvgIpc) is 2.15. The lowest BCUT2D eigenvalue weighted by molar-refractivity contribution is 0.682. The second-order valence-corrected chi connectivity index (χ2v) is 2.85. The van der Waals surface area contributed by atoms with Gasteiger partial charge in [-0.15, -0.1) is 0 Å². The molecular formula is C10H13N3. The van der Waals surface area contributed by atoms with Gasteiger partial charge in [0.1, 0.15) is 0 Å². The van der Waals surface area contributed by atoms with Crippen LogP contribution < -0.4 is 5.32 Å². The Morgan fingerprint density at radius 1 is 1.62 bits per heavy atom. The highest BCUT2D eigenvalue weighted by atomic mass is 14.9. The zero-order valence-electron chi connectivity index (χ0n) is 7.75. The quantitative estimate of drug-likeness (QED) is 0.703. The number of nitriles is 1. The third-order valence-electron chi connectivity index (χ3n) is 1.82. The Balaban J connectivity index is 2.37. The number of aromatic nitrogens is 1. The smallest absolute Gasteiger partial charge is 0.0635 e. The first-order valence-corrected chi connectivity index (χ1v) is 4.32. The molecule has 0 saturated heterocycles. The lowest BCUT2D eigenvalue weighted by Crippen LogP contribution is -2.15. The molecule has 0 aliphatic carbocycles. The van der Waals surface area contributed by atoms with Crippen LogP contribution >= 0.6 is 0 Å². The van der Waals surface area contributed by atoms with Crippen LogP contribution in [0, 0.1) is 18.3 Å². The minimum atomic E-state index is 0.548. The predicted molar refractivity (Wildman–Crippen MR) is 50.9 cm³/mol. The van der Waals surface area contributed by atoms with Crippen LogP contribution in [0.3, 0.4) is 0 Å². The summed E-state index contributed by atoms with van der Waals surface area (Å²) in [5, 5.41) is 11.5. The summed E-state index contributed by atoms with van der Waals surface area (Å²) in [4.78, 5) is 4.23. The highest BCUT2D eigenvalue weighted by Crippen LogP contribution is 2.01. The second kappa shape index (κ2) is 5.28. The molecule has 1 N–H and O–H groups in total. The molecule has 0 saturated carbocycles. The van der Waals surface area contributed by atoms with E-state index in [1.54, 1.807) is 6.20 Å². The minimum absolute atomic E-state index is 0.548. The van der Waals surface area contributed by atoms with Crippen LogP contribution in [0.1, 0.15) is 17.7 Å². The van der Waals surface area contributed by atoms with E-state index in [1.165, 1.54) is 5.56 Å². The van der Waals surface area contributed by atoms with E-state index < -0.39 is 0 Å². The summed E-state index contributed by atoms with van der Waals surface area (Å²) in [7, 11) is 0. The van der Waals surface area contributed by atoms with Crippen molar-refractivity contribution in [2.24, 2.45) is 0 Å². The fourth-order valence-corrected chi connectivity index (χ4v) is 1.05. The van der Waals surface area contributed by atoms with E-state index >= 15 is 0 Å². The number of aryl methyl sites for hydroxylation is 1. The molecule has 3 nitrogen and oxygen atoms in total. The van der Waals surface area contributed by atoms with Gasteiger partial charge < -0.3 is 5.32 Å². The summed E-state index contributed by atoms with van der Waals surface area (Å²) in [5.41, 5.74) is 2.24. The summed E-state index contributed by atoms with van der Waals surface area (Å²) in [5.74, 6) is 0. The Bertz CT molecular complexity index is 301. The molecule has 0 aliphatic heterocycles. The van der Waals surface area contributed by atoms with Crippen LogP contribution in [0.25, 0.3) is 0 Å². The molecule has 0 bridgehead atoms. The van der Waals surface area contributed by atoms with Crippen molar-refractivity contribution in [1.82, 2.24) is 10.3 Å². The number of rotatable bonds is 4. The molecule has 13 heavy (non-hydrogen) atoms. The molecule has 1 aromatic rings. The molecule has 0 aromatic carbocycles. The van der Waals surface area contributed by atoms with Gasteiger partial charge in [-0.1, -0.05) is 6.07 Å². The van der Waals surface area contributed by atoms with Crippen LogP contribution in [0.15, 0.2) is 18.3 Å². The first kappa shape index (κ1) is 9.69. The van der Waals surface area contributed by atoms with Gasteiger partial charge in [0.2, 0.25) is 0 Å². The average molecular weight is 175 g/mol. The highest BCUT2D eigenvalue weighted by molar-refractivity contribution is 5.17. The zero-order valence-corrected chi connectivity index (χ0v) is 7.75. The van der Waals surface area contributed by atoms with Crippen molar-refractivity contribution < 1.29 is 0 Å². The maximum atomic E-state index is 8.31. The second-order valence-electron chi connectivity index (χ2n) is 2.85. The van der Waals surface area contributed by atoms with Gasteiger partial charge in [-0.3, -0.25) is 4.98 Å². The van der Waals surface area contributed by atoms with Crippen molar-refractivity contribution in [3.63, 3.8) is 0 Å². The summed E-state index contributed by atoms with van der Waals surface area (Å²) in [6.07, 6.45) is 2.33. The standard InChI is InChI=1S/C10H13N3/c1-9-4-2-7-13-10(9)8-12-6-3-5-11/h2,4,7,12H,3,6,8H2,1H3. The minimum Gasteiger partial charge on any atom is -0.310 e. The van der Waals surface area contributed by atoms with E-state index in [4.69, 9.17) is 5.26 Å². The normalized spacial score (nSPS) is 9.54. The maximum Gasteiger partial charge on any atom is 0.0635 e. The molecule has 3 heteroatoms. The molecule has 0 atom stereocenters. The van der Waals surface area contributed by atoms with Crippen LogP contribution in [-0.4, -0.2) is 11.5 Å². The fourth-order valence-electron chi connectivity index (χ4n) is 1.05. The Hall–Kier alpha value is -1.40. The van der Waals surface area contributed by atoms with Gasteiger partial charge >= 0.3 is 0 Å². The van der Waals surface area contributed by atoms with Gasteiger partial charge in [-0.25, -0.2) is 0 Å². The summed E-state index contributed by atoms with van der Waals surface area (Å²) in [6.45, 7) is 3.51. The topological polar surface area (TPSA) is 48.7 Å². The molecule has 1 heterocycles. The molecule has 0 aliphatic rings. The van der Waals surface area contributed by atoms with Gasteiger partial charge in [0.05, 0.1) is 11.8 Å². The molecule has 1 aromatic heterocycles. The van der Waals surface area contributed by atoms with Crippen molar-refractivity contribution in [3.05, 3.63) is 29.6 Å².